The molecule has 0 unspecified atom stereocenters. The summed E-state index contributed by atoms with van der Waals surface area (Å²) < 4.78 is 0. The lowest BCUT2D eigenvalue weighted by Gasteiger charge is -2.30. The fraction of sp³-hybridized carbons (Fsp3) is 0.857. The molecule has 0 aromatic heterocycles. The molecule has 0 radical (unpaired) electrons. The Morgan fingerprint density at radius 1 is 0.650 bits per heavy atom. The van der Waals surface area contributed by atoms with Crippen LogP contribution in [0.3, 0.4) is 0 Å². The van der Waals surface area contributed by atoms with E-state index in [1.165, 1.54) is 0 Å². The minimum Gasteiger partial charge on any atom is -0.566 e. The van der Waals surface area contributed by atoms with Crippen molar-refractivity contribution in [2.24, 2.45) is 0 Å². The Morgan fingerprint density at radius 2 is 0.950 bits per heavy atom. The van der Waals surface area contributed by atoms with Crippen LogP contribution in [0.5, 0.6) is 0 Å². The standard InChI is InChI=1S/C14H20N4O2/c15-11-13(7-3-1-4-8-13)17(19)18(20)14(12-16)9-5-2-6-10-14/h1-10H2/b18-17+. The molecule has 2 aliphatic rings. The van der Waals surface area contributed by atoms with Gasteiger partial charge in [-0.25, -0.2) is 0 Å². The second kappa shape index (κ2) is 5.66. The van der Waals surface area contributed by atoms with Gasteiger partial charge in [-0.05, 0) is 25.7 Å². The highest BCUT2D eigenvalue weighted by Gasteiger charge is 2.52. The van der Waals surface area contributed by atoms with Gasteiger partial charge in [-0.2, -0.15) is 10.5 Å². The first-order valence-electron chi connectivity index (χ1n) is 7.37. The van der Waals surface area contributed by atoms with Crippen molar-refractivity contribution >= 4 is 0 Å². The molecule has 2 fully saturated rings. The van der Waals surface area contributed by atoms with E-state index in [1.54, 1.807) is 0 Å². The number of nitriles is 2. The molecule has 0 N–H and O–H groups in total. The summed E-state index contributed by atoms with van der Waals surface area (Å²) in [7, 11) is 0. The number of azo groups is 1. The van der Waals surface area contributed by atoms with Gasteiger partial charge in [0.2, 0.25) is 0 Å². The monoisotopic (exact) mass is 276 g/mol. The number of nitrogens with zero attached hydrogens (tertiary/aromatic N) is 4. The Kier molecular flexibility index (Phi) is 4.13. The SMILES string of the molecule is N#CC1(/[N+]([O-])=[N+](\[O-])C2(C#N)CCCCC2)CCCCC1. The van der Waals surface area contributed by atoms with Crippen LogP contribution in [0.1, 0.15) is 64.2 Å². The van der Waals surface area contributed by atoms with Crippen molar-refractivity contribution in [3.8, 4) is 12.1 Å². The van der Waals surface area contributed by atoms with Crippen molar-refractivity contribution < 1.29 is 9.72 Å². The van der Waals surface area contributed by atoms with Crippen LogP contribution in [-0.2, 0) is 0 Å². The van der Waals surface area contributed by atoms with Crippen LogP contribution in [0.2, 0.25) is 0 Å². The summed E-state index contributed by atoms with van der Waals surface area (Å²) in [4.78, 5) is 0.557. The maximum atomic E-state index is 12.5. The molecule has 2 saturated carbocycles. The fourth-order valence-electron chi connectivity index (χ4n) is 3.31. The third kappa shape index (κ3) is 2.31. The number of rotatable bonds is 2. The lowest BCUT2D eigenvalue weighted by molar-refractivity contribution is -1.02. The second-order valence-corrected chi connectivity index (χ2v) is 5.95. The van der Waals surface area contributed by atoms with E-state index < -0.39 is 11.1 Å². The van der Waals surface area contributed by atoms with Crippen LogP contribution < -0.4 is 0 Å². The van der Waals surface area contributed by atoms with E-state index in [9.17, 15) is 20.9 Å². The molecule has 0 bridgehead atoms. The molecule has 6 heteroatoms. The maximum absolute atomic E-state index is 12.5. The van der Waals surface area contributed by atoms with Crippen molar-refractivity contribution in [1.29, 1.82) is 10.5 Å². The Balaban J connectivity index is 2.38. The zero-order valence-corrected chi connectivity index (χ0v) is 11.7. The van der Waals surface area contributed by atoms with E-state index >= 15 is 0 Å². The average Bonchev–Trinajstić information content (AvgIpc) is 2.54. The molecule has 6 nitrogen and oxygen atoms in total. The topological polar surface area (TPSA) is 99.7 Å². The summed E-state index contributed by atoms with van der Waals surface area (Å²) in [6, 6.07) is 4.08. The number of hydroxylamine groups is 2. The first-order chi connectivity index (χ1) is 9.60. The van der Waals surface area contributed by atoms with Crippen LogP contribution >= 0.6 is 0 Å². The normalized spacial score (nSPS) is 25.9. The Hall–Kier alpha value is -1.82. The van der Waals surface area contributed by atoms with Gasteiger partial charge >= 0.3 is 11.1 Å². The Bertz CT molecular complexity index is 430. The quantitative estimate of drug-likeness (QED) is 0.439. The van der Waals surface area contributed by atoms with Crippen LogP contribution in [0.15, 0.2) is 0 Å². The van der Waals surface area contributed by atoms with Crippen molar-refractivity contribution in [3.05, 3.63) is 10.4 Å². The second-order valence-electron chi connectivity index (χ2n) is 5.95. The molecule has 0 saturated heterocycles. The smallest absolute Gasteiger partial charge is 0.321 e. The van der Waals surface area contributed by atoms with Crippen LogP contribution in [-0.4, -0.2) is 20.8 Å². The molecule has 0 heterocycles. The molecular formula is C14H20N4O2. The van der Waals surface area contributed by atoms with Crippen molar-refractivity contribution in [3.63, 3.8) is 0 Å². The third-order valence-electron chi connectivity index (χ3n) is 4.67. The van der Waals surface area contributed by atoms with Gasteiger partial charge in [-0.15, -0.1) is 0 Å². The van der Waals surface area contributed by atoms with Gasteiger partial charge in [0.25, 0.3) is 0 Å². The molecule has 108 valence electrons. The van der Waals surface area contributed by atoms with Crippen molar-refractivity contribution in [2.75, 3.05) is 0 Å². The number of hydrogen-bond acceptors (Lipinski definition) is 4. The van der Waals surface area contributed by atoms with E-state index in [2.05, 4.69) is 0 Å². The lowest BCUT2D eigenvalue weighted by Crippen LogP contribution is -2.50. The van der Waals surface area contributed by atoms with E-state index in [-0.39, 0.29) is 9.72 Å². The summed E-state index contributed by atoms with van der Waals surface area (Å²) >= 11 is 0. The lowest BCUT2D eigenvalue weighted by atomic mass is 9.82. The zero-order chi connectivity index (χ0) is 14.6. The minimum absolute atomic E-state index is 0.278. The van der Waals surface area contributed by atoms with E-state index in [0.717, 1.165) is 38.5 Å². The van der Waals surface area contributed by atoms with E-state index in [0.29, 0.717) is 25.7 Å². The molecule has 0 spiro atoms. The average molecular weight is 276 g/mol. The zero-order valence-electron chi connectivity index (χ0n) is 11.7. The van der Waals surface area contributed by atoms with Crippen LogP contribution in [0, 0.1) is 33.1 Å². The predicted octanol–water partition coefficient (Wildman–Crippen LogP) is 2.91. The van der Waals surface area contributed by atoms with Gasteiger partial charge < -0.3 is 10.4 Å². The first-order valence-corrected chi connectivity index (χ1v) is 7.37. The van der Waals surface area contributed by atoms with Gasteiger partial charge in [-0.1, -0.05) is 12.8 Å². The highest BCUT2D eigenvalue weighted by atomic mass is 16.6. The van der Waals surface area contributed by atoms with Crippen molar-refractivity contribution in [1.82, 2.24) is 0 Å². The molecule has 2 rings (SSSR count). The van der Waals surface area contributed by atoms with Gasteiger partial charge in [-0.3, -0.25) is 0 Å². The van der Waals surface area contributed by atoms with E-state index in [4.69, 9.17) is 0 Å². The molecule has 2 aliphatic carbocycles. The third-order valence-corrected chi connectivity index (χ3v) is 4.67. The van der Waals surface area contributed by atoms with Gasteiger partial charge in [0.05, 0.1) is 9.72 Å². The number of hydrogen-bond donors (Lipinski definition) is 0. The molecular weight excluding hydrogens is 256 g/mol. The highest BCUT2D eigenvalue weighted by Crippen LogP contribution is 2.35. The summed E-state index contributed by atoms with van der Waals surface area (Å²) in [6.45, 7) is 0. The largest absolute Gasteiger partial charge is 0.566 e. The predicted molar refractivity (Wildman–Crippen MR) is 70.1 cm³/mol. The van der Waals surface area contributed by atoms with Gasteiger partial charge in [0.1, 0.15) is 12.1 Å². The Labute approximate surface area is 119 Å². The fourth-order valence-corrected chi connectivity index (χ4v) is 3.31. The van der Waals surface area contributed by atoms with Crippen LogP contribution in [0.25, 0.3) is 0 Å². The summed E-state index contributed by atoms with van der Waals surface area (Å²) in [6.07, 6.45) is 6.72. The van der Waals surface area contributed by atoms with Gasteiger partial charge in [0, 0.05) is 25.7 Å². The highest BCUT2D eigenvalue weighted by molar-refractivity contribution is 5.03. The van der Waals surface area contributed by atoms with Gasteiger partial charge in [0.15, 0.2) is 0 Å². The van der Waals surface area contributed by atoms with E-state index in [1.807, 2.05) is 12.1 Å². The Morgan fingerprint density at radius 3 is 1.20 bits per heavy atom. The molecule has 0 atom stereocenters. The summed E-state index contributed by atoms with van der Waals surface area (Å²) in [5.41, 5.74) is -2.55. The molecule has 0 aromatic carbocycles. The molecule has 0 amide bonds. The molecule has 0 aromatic rings. The summed E-state index contributed by atoms with van der Waals surface area (Å²) in [5.74, 6) is 0. The van der Waals surface area contributed by atoms with Crippen molar-refractivity contribution in [2.45, 2.75) is 75.3 Å². The molecule has 20 heavy (non-hydrogen) atoms. The molecule has 0 aliphatic heterocycles. The maximum Gasteiger partial charge on any atom is 0.321 e. The minimum atomic E-state index is -1.28. The first kappa shape index (κ1) is 14.6. The summed E-state index contributed by atoms with van der Waals surface area (Å²) in [5, 5.41) is 43.7. The van der Waals surface area contributed by atoms with Crippen LogP contribution in [0.4, 0.5) is 0 Å².